The molecule has 2 aromatic carbocycles. The van der Waals surface area contributed by atoms with Crippen molar-refractivity contribution < 1.29 is 8.78 Å². The molecule has 0 amide bonds. The lowest BCUT2D eigenvalue weighted by Gasteiger charge is -2.20. The zero-order chi connectivity index (χ0) is 17.3. The molecule has 124 valence electrons. The van der Waals surface area contributed by atoms with E-state index in [0.717, 1.165) is 12.1 Å². The summed E-state index contributed by atoms with van der Waals surface area (Å²) in [4.78, 5) is 19.4. The normalized spacial score (nSPS) is 13.8. The number of nitrogens with one attached hydrogen (secondary N) is 2. The number of aromatic nitrogens is 2. The van der Waals surface area contributed by atoms with Crippen molar-refractivity contribution in [2.75, 3.05) is 0 Å². The van der Waals surface area contributed by atoms with E-state index >= 15 is 0 Å². The van der Waals surface area contributed by atoms with Gasteiger partial charge < -0.3 is 10.3 Å². The quantitative estimate of drug-likeness (QED) is 0.769. The van der Waals surface area contributed by atoms with Crippen molar-refractivity contribution in [3.05, 3.63) is 75.8 Å². The van der Waals surface area contributed by atoms with Crippen LogP contribution in [-0.4, -0.2) is 9.97 Å². The van der Waals surface area contributed by atoms with Crippen molar-refractivity contribution in [3.63, 3.8) is 0 Å². The Labute approximate surface area is 137 Å². The minimum absolute atomic E-state index is 0.204. The SMILES string of the molecule is CC(NC(C)c1nc2ccccc2c(=O)[nH]1)c1ccc(F)c(F)c1. The Kier molecular flexibility index (Phi) is 4.40. The molecule has 3 aromatic rings. The molecule has 1 aromatic heterocycles. The van der Waals surface area contributed by atoms with Crippen molar-refractivity contribution >= 4 is 10.9 Å². The highest BCUT2D eigenvalue weighted by Gasteiger charge is 2.15. The molecule has 2 unspecified atom stereocenters. The molecule has 0 aliphatic carbocycles. The Hall–Kier alpha value is -2.60. The van der Waals surface area contributed by atoms with E-state index in [1.165, 1.54) is 6.07 Å². The van der Waals surface area contributed by atoms with Crippen LogP contribution < -0.4 is 10.9 Å². The van der Waals surface area contributed by atoms with Crippen molar-refractivity contribution in [1.29, 1.82) is 0 Å². The van der Waals surface area contributed by atoms with E-state index in [1.807, 2.05) is 19.9 Å². The molecule has 4 nitrogen and oxygen atoms in total. The van der Waals surface area contributed by atoms with Crippen LogP contribution in [0.4, 0.5) is 8.78 Å². The monoisotopic (exact) mass is 329 g/mol. The van der Waals surface area contributed by atoms with Gasteiger partial charge in [-0.25, -0.2) is 13.8 Å². The molecule has 0 aliphatic heterocycles. The van der Waals surface area contributed by atoms with E-state index in [-0.39, 0.29) is 17.6 Å². The number of halogens is 2. The van der Waals surface area contributed by atoms with Gasteiger partial charge in [0, 0.05) is 6.04 Å². The van der Waals surface area contributed by atoms with Gasteiger partial charge in [-0.1, -0.05) is 18.2 Å². The highest BCUT2D eigenvalue weighted by molar-refractivity contribution is 5.77. The Bertz CT molecular complexity index is 939. The second kappa shape index (κ2) is 6.49. The van der Waals surface area contributed by atoms with E-state index in [1.54, 1.807) is 18.2 Å². The number of H-pyrrole nitrogens is 1. The third-order valence-electron chi connectivity index (χ3n) is 3.98. The first-order chi connectivity index (χ1) is 11.5. The van der Waals surface area contributed by atoms with Gasteiger partial charge in [0.05, 0.1) is 16.9 Å². The zero-order valence-corrected chi connectivity index (χ0v) is 13.3. The maximum absolute atomic E-state index is 13.4. The van der Waals surface area contributed by atoms with Gasteiger partial charge in [-0.2, -0.15) is 0 Å². The number of para-hydroxylation sites is 1. The summed E-state index contributed by atoms with van der Waals surface area (Å²) in [5.74, 6) is -1.27. The van der Waals surface area contributed by atoms with Gasteiger partial charge >= 0.3 is 0 Å². The molecule has 24 heavy (non-hydrogen) atoms. The van der Waals surface area contributed by atoms with E-state index < -0.39 is 11.6 Å². The first-order valence-electron chi connectivity index (χ1n) is 7.65. The first-order valence-corrected chi connectivity index (χ1v) is 7.65. The zero-order valence-electron chi connectivity index (χ0n) is 13.3. The largest absolute Gasteiger partial charge is 0.309 e. The highest BCUT2D eigenvalue weighted by Crippen LogP contribution is 2.20. The fourth-order valence-electron chi connectivity index (χ4n) is 2.64. The highest BCUT2D eigenvalue weighted by atomic mass is 19.2. The van der Waals surface area contributed by atoms with Crippen molar-refractivity contribution in [1.82, 2.24) is 15.3 Å². The average Bonchev–Trinajstić information content (AvgIpc) is 2.57. The van der Waals surface area contributed by atoms with Crippen LogP contribution in [0.25, 0.3) is 10.9 Å². The summed E-state index contributed by atoms with van der Waals surface area (Å²) in [5, 5.41) is 3.76. The van der Waals surface area contributed by atoms with Crippen LogP contribution in [0, 0.1) is 11.6 Å². The van der Waals surface area contributed by atoms with Gasteiger partial charge in [0.15, 0.2) is 11.6 Å². The number of fused-ring (bicyclic) bond motifs is 1. The lowest BCUT2D eigenvalue weighted by molar-refractivity contribution is 0.468. The topological polar surface area (TPSA) is 57.8 Å². The summed E-state index contributed by atoms with van der Waals surface area (Å²) in [5.41, 5.74) is 1.03. The van der Waals surface area contributed by atoms with Gasteiger partial charge in [0.2, 0.25) is 0 Å². The molecule has 3 rings (SSSR count). The third kappa shape index (κ3) is 3.19. The minimum Gasteiger partial charge on any atom is -0.309 e. The second-order valence-corrected chi connectivity index (χ2v) is 5.75. The number of nitrogens with zero attached hydrogens (tertiary/aromatic N) is 1. The molecular formula is C18H17F2N3O. The number of hydrogen-bond donors (Lipinski definition) is 2. The fraction of sp³-hybridized carbons (Fsp3) is 0.222. The van der Waals surface area contributed by atoms with Crippen molar-refractivity contribution in [2.24, 2.45) is 0 Å². The van der Waals surface area contributed by atoms with Crippen molar-refractivity contribution in [3.8, 4) is 0 Å². The van der Waals surface area contributed by atoms with Crippen LogP contribution in [0.15, 0.2) is 47.3 Å². The van der Waals surface area contributed by atoms with Gasteiger partial charge in [-0.05, 0) is 43.7 Å². The summed E-state index contributed by atoms with van der Waals surface area (Å²) in [6.07, 6.45) is 0. The fourth-order valence-corrected chi connectivity index (χ4v) is 2.64. The molecule has 6 heteroatoms. The molecule has 0 spiro atoms. The summed E-state index contributed by atoms with van der Waals surface area (Å²) in [7, 11) is 0. The smallest absolute Gasteiger partial charge is 0.258 e. The molecule has 0 fully saturated rings. The van der Waals surface area contributed by atoms with Crippen LogP contribution >= 0.6 is 0 Å². The summed E-state index contributed by atoms with van der Waals surface area (Å²) >= 11 is 0. The molecule has 1 heterocycles. The Morgan fingerprint density at radius 3 is 2.54 bits per heavy atom. The molecule has 2 atom stereocenters. The van der Waals surface area contributed by atoms with Gasteiger partial charge in [-0.3, -0.25) is 4.79 Å². The molecule has 0 radical (unpaired) electrons. The maximum atomic E-state index is 13.4. The van der Waals surface area contributed by atoms with E-state index in [9.17, 15) is 13.6 Å². The predicted octanol–water partition coefficient (Wildman–Crippen LogP) is 3.61. The van der Waals surface area contributed by atoms with Crippen molar-refractivity contribution in [2.45, 2.75) is 25.9 Å². The maximum Gasteiger partial charge on any atom is 0.258 e. The Morgan fingerprint density at radius 1 is 1.04 bits per heavy atom. The number of aromatic amines is 1. The van der Waals surface area contributed by atoms with Crippen LogP contribution in [0.1, 0.15) is 37.3 Å². The number of hydrogen-bond acceptors (Lipinski definition) is 3. The lowest BCUT2D eigenvalue weighted by atomic mass is 10.1. The summed E-state index contributed by atoms with van der Waals surface area (Å²) < 4.78 is 26.4. The van der Waals surface area contributed by atoms with E-state index in [0.29, 0.717) is 22.3 Å². The van der Waals surface area contributed by atoms with Gasteiger partial charge in [0.25, 0.3) is 5.56 Å². The molecule has 0 aliphatic rings. The molecule has 0 saturated carbocycles. The number of benzene rings is 2. The molecule has 0 bridgehead atoms. The van der Waals surface area contributed by atoms with E-state index in [4.69, 9.17) is 0 Å². The van der Waals surface area contributed by atoms with Crippen LogP contribution in [0.3, 0.4) is 0 Å². The van der Waals surface area contributed by atoms with E-state index in [2.05, 4.69) is 15.3 Å². The summed E-state index contributed by atoms with van der Waals surface area (Å²) in [6, 6.07) is 10.4. The average molecular weight is 329 g/mol. The minimum atomic E-state index is -0.883. The Morgan fingerprint density at radius 2 is 1.79 bits per heavy atom. The standard InChI is InChI=1S/C18H17F2N3O/c1-10(12-7-8-14(19)15(20)9-12)21-11(2)17-22-16-6-4-3-5-13(16)18(24)23-17/h3-11,21H,1-2H3,(H,22,23,24). The third-order valence-corrected chi connectivity index (χ3v) is 3.98. The summed E-state index contributed by atoms with van der Waals surface area (Å²) in [6.45, 7) is 3.69. The van der Waals surface area contributed by atoms with Crippen LogP contribution in [0.2, 0.25) is 0 Å². The second-order valence-electron chi connectivity index (χ2n) is 5.75. The Balaban J connectivity index is 1.85. The van der Waals surface area contributed by atoms with Crippen LogP contribution in [-0.2, 0) is 0 Å². The van der Waals surface area contributed by atoms with Crippen LogP contribution in [0.5, 0.6) is 0 Å². The van der Waals surface area contributed by atoms with Gasteiger partial charge in [0.1, 0.15) is 5.82 Å². The molecule has 2 N–H and O–H groups in total. The first kappa shape index (κ1) is 16.3. The lowest BCUT2D eigenvalue weighted by Crippen LogP contribution is -2.26. The number of rotatable bonds is 4. The molecular weight excluding hydrogens is 312 g/mol. The predicted molar refractivity (Wildman–Crippen MR) is 88.7 cm³/mol. The van der Waals surface area contributed by atoms with Gasteiger partial charge in [-0.15, -0.1) is 0 Å². The molecule has 0 saturated heterocycles.